The van der Waals surface area contributed by atoms with Crippen LogP contribution < -0.4 is 10.9 Å². The monoisotopic (exact) mass is 556 g/mol. The van der Waals surface area contributed by atoms with Gasteiger partial charge in [0.1, 0.15) is 10.4 Å². The van der Waals surface area contributed by atoms with Crippen molar-refractivity contribution in [3.05, 3.63) is 110 Å². The van der Waals surface area contributed by atoms with E-state index < -0.39 is 10.8 Å². The van der Waals surface area contributed by atoms with Crippen LogP contribution in [0.15, 0.2) is 82.7 Å². The van der Waals surface area contributed by atoms with Crippen molar-refractivity contribution in [2.24, 2.45) is 0 Å². The zero-order valence-electron chi connectivity index (χ0n) is 21.4. The quantitative estimate of drug-likeness (QED) is 0.104. The zero-order valence-corrected chi connectivity index (χ0v) is 23.1. The molecular weight excluding hydrogens is 532 g/mol. The van der Waals surface area contributed by atoms with Crippen molar-refractivity contribution >= 4 is 50.6 Å². The minimum Gasteiger partial charge on any atom is -0.320 e. The van der Waals surface area contributed by atoms with Crippen LogP contribution in [-0.2, 0) is 4.79 Å². The number of thiophene rings is 1. The maximum atomic E-state index is 13.9. The number of hydrogen-bond donors (Lipinski definition) is 1. The number of hydrogen-bond acceptors (Lipinski definition) is 7. The fourth-order valence-electron chi connectivity index (χ4n) is 4.19. The van der Waals surface area contributed by atoms with Gasteiger partial charge in [0.25, 0.3) is 11.2 Å². The lowest BCUT2D eigenvalue weighted by atomic mass is 10.1. The molecule has 0 aliphatic rings. The van der Waals surface area contributed by atoms with E-state index in [0.717, 1.165) is 38.9 Å². The Morgan fingerprint density at radius 2 is 1.74 bits per heavy atom. The predicted molar refractivity (Wildman–Crippen MR) is 157 cm³/mol. The highest BCUT2D eigenvalue weighted by molar-refractivity contribution is 7.99. The van der Waals surface area contributed by atoms with Gasteiger partial charge >= 0.3 is 0 Å². The van der Waals surface area contributed by atoms with E-state index in [0.29, 0.717) is 21.1 Å². The number of aromatic nitrogens is 2. The molecule has 0 aliphatic heterocycles. The van der Waals surface area contributed by atoms with Crippen LogP contribution in [0.25, 0.3) is 26.3 Å². The van der Waals surface area contributed by atoms with Gasteiger partial charge in [-0.2, -0.15) is 0 Å². The van der Waals surface area contributed by atoms with Gasteiger partial charge < -0.3 is 5.32 Å². The standard InChI is InChI=1S/C29H24N4O4S2/c1-17-9-11-19(3)23(13-17)32-28(35)27-22(15-25(39-27)20-7-5-4-6-8-20)31-29(32)38-16-26(34)30-21-12-10-18(2)14-24(21)33(36)37/h4-15H,16H2,1-3H3,(H,30,34). The largest absolute Gasteiger partial charge is 0.320 e. The number of fused-ring (bicyclic) bond motifs is 1. The van der Waals surface area contributed by atoms with Crippen molar-refractivity contribution < 1.29 is 9.72 Å². The number of nitrogens with zero attached hydrogens (tertiary/aromatic N) is 3. The molecule has 0 spiro atoms. The summed E-state index contributed by atoms with van der Waals surface area (Å²) in [4.78, 5) is 43.5. The first-order chi connectivity index (χ1) is 18.7. The number of thioether (sulfide) groups is 1. The number of nitro groups is 1. The van der Waals surface area contributed by atoms with Gasteiger partial charge in [-0.3, -0.25) is 24.3 Å². The average molecular weight is 557 g/mol. The van der Waals surface area contributed by atoms with Crippen molar-refractivity contribution in [2.45, 2.75) is 25.9 Å². The Labute approximate surface area is 232 Å². The number of rotatable bonds is 7. The molecule has 0 unspecified atom stereocenters. The topological polar surface area (TPSA) is 107 Å². The molecule has 39 heavy (non-hydrogen) atoms. The number of benzene rings is 3. The van der Waals surface area contributed by atoms with Gasteiger partial charge in [-0.05, 0) is 61.2 Å². The van der Waals surface area contributed by atoms with Gasteiger partial charge in [0, 0.05) is 10.9 Å². The lowest BCUT2D eigenvalue weighted by Gasteiger charge is -2.15. The summed E-state index contributed by atoms with van der Waals surface area (Å²) < 4.78 is 2.08. The summed E-state index contributed by atoms with van der Waals surface area (Å²) in [6, 6.07) is 22.2. The maximum Gasteiger partial charge on any atom is 0.293 e. The van der Waals surface area contributed by atoms with Crippen molar-refractivity contribution in [3.8, 4) is 16.1 Å². The van der Waals surface area contributed by atoms with Crippen LogP contribution in [0.1, 0.15) is 16.7 Å². The van der Waals surface area contributed by atoms with Crippen LogP contribution in [0.5, 0.6) is 0 Å². The van der Waals surface area contributed by atoms with Gasteiger partial charge in [-0.25, -0.2) is 4.98 Å². The van der Waals surface area contributed by atoms with Crippen LogP contribution in [0.2, 0.25) is 0 Å². The maximum absolute atomic E-state index is 13.9. The molecule has 0 radical (unpaired) electrons. The minimum absolute atomic E-state index is 0.0937. The molecule has 0 aliphatic carbocycles. The van der Waals surface area contributed by atoms with Crippen molar-refractivity contribution in [1.29, 1.82) is 0 Å². The third kappa shape index (κ3) is 5.47. The second kappa shape index (κ2) is 10.8. The summed E-state index contributed by atoms with van der Waals surface area (Å²) in [6.07, 6.45) is 0. The van der Waals surface area contributed by atoms with E-state index in [1.54, 1.807) is 17.6 Å². The van der Waals surface area contributed by atoms with Gasteiger partial charge in [0.2, 0.25) is 5.91 Å². The summed E-state index contributed by atoms with van der Waals surface area (Å²) in [7, 11) is 0. The first-order valence-electron chi connectivity index (χ1n) is 12.1. The van der Waals surface area contributed by atoms with Crippen LogP contribution >= 0.6 is 23.1 Å². The summed E-state index contributed by atoms with van der Waals surface area (Å²) in [6.45, 7) is 5.62. The molecular formula is C29H24N4O4S2. The molecule has 196 valence electrons. The van der Waals surface area contributed by atoms with Crippen LogP contribution in [-0.4, -0.2) is 26.1 Å². The lowest BCUT2D eigenvalue weighted by molar-refractivity contribution is -0.384. The van der Waals surface area contributed by atoms with Gasteiger partial charge in [-0.15, -0.1) is 11.3 Å². The fraction of sp³-hybridized carbons (Fsp3) is 0.138. The number of amides is 1. The molecule has 0 fully saturated rings. The number of carbonyl (C=O) groups is 1. The highest BCUT2D eigenvalue weighted by Crippen LogP contribution is 2.33. The molecule has 1 amide bonds. The highest BCUT2D eigenvalue weighted by atomic mass is 32.2. The number of carbonyl (C=O) groups excluding carboxylic acids is 1. The summed E-state index contributed by atoms with van der Waals surface area (Å²) >= 11 is 2.50. The number of nitrogens with one attached hydrogen (secondary N) is 1. The normalized spacial score (nSPS) is 11.1. The van der Waals surface area contributed by atoms with E-state index in [2.05, 4.69) is 5.32 Å². The van der Waals surface area contributed by atoms with Gasteiger partial charge in [-0.1, -0.05) is 60.3 Å². The molecule has 0 bridgehead atoms. The number of nitro benzene ring substituents is 1. The lowest BCUT2D eigenvalue weighted by Crippen LogP contribution is -2.23. The Morgan fingerprint density at radius 1 is 1.03 bits per heavy atom. The average Bonchev–Trinajstić information content (AvgIpc) is 3.35. The fourth-order valence-corrected chi connectivity index (χ4v) is 6.03. The molecule has 8 nitrogen and oxygen atoms in total. The van der Waals surface area contributed by atoms with E-state index in [-0.39, 0.29) is 22.7 Å². The van der Waals surface area contributed by atoms with Crippen molar-refractivity contribution in [1.82, 2.24) is 9.55 Å². The van der Waals surface area contributed by atoms with E-state index in [1.165, 1.54) is 23.5 Å². The molecule has 2 aromatic heterocycles. The predicted octanol–water partition coefficient (Wildman–Crippen LogP) is 6.68. The van der Waals surface area contributed by atoms with Crippen LogP contribution in [0, 0.1) is 30.9 Å². The molecule has 1 N–H and O–H groups in total. The van der Waals surface area contributed by atoms with E-state index in [4.69, 9.17) is 4.98 Å². The Morgan fingerprint density at radius 3 is 2.49 bits per heavy atom. The van der Waals surface area contributed by atoms with Gasteiger partial charge in [0.15, 0.2) is 5.16 Å². The Balaban J connectivity index is 1.54. The highest BCUT2D eigenvalue weighted by Gasteiger charge is 2.20. The SMILES string of the molecule is Cc1ccc(C)c(-n2c(SCC(=O)Nc3ccc(C)cc3[N+](=O)[O-])nc3cc(-c4ccccc4)sc3c2=O)c1. The van der Waals surface area contributed by atoms with E-state index >= 15 is 0 Å². The molecule has 3 aromatic carbocycles. The zero-order chi connectivity index (χ0) is 27.7. The summed E-state index contributed by atoms with van der Waals surface area (Å²) in [5.74, 6) is -0.534. The van der Waals surface area contributed by atoms with Crippen molar-refractivity contribution in [3.63, 3.8) is 0 Å². The molecule has 0 atom stereocenters. The molecule has 5 rings (SSSR count). The van der Waals surface area contributed by atoms with Crippen LogP contribution in [0.4, 0.5) is 11.4 Å². The second-order valence-electron chi connectivity index (χ2n) is 9.13. The molecule has 2 heterocycles. The van der Waals surface area contributed by atoms with E-state index in [9.17, 15) is 19.7 Å². The summed E-state index contributed by atoms with van der Waals surface area (Å²) in [5, 5.41) is 14.5. The van der Waals surface area contributed by atoms with Crippen LogP contribution in [0.3, 0.4) is 0 Å². The molecule has 0 saturated carbocycles. The Bertz CT molecular complexity index is 1800. The Hall–Kier alpha value is -4.28. The number of aryl methyl sites for hydroxylation is 3. The third-order valence-corrected chi connectivity index (χ3v) is 8.24. The molecule has 5 aromatic rings. The number of anilines is 1. The second-order valence-corrected chi connectivity index (χ2v) is 11.1. The summed E-state index contributed by atoms with van der Waals surface area (Å²) in [5.41, 5.74) is 4.58. The smallest absolute Gasteiger partial charge is 0.293 e. The van der Waals surface area contributed by atoms with Gasteiger partial charge in [0.05, 0.1) is 21.9 Å². The first kappa shape index (κ1) is 26.3. The first-order valence-corrected chi connectivity index (χ1v) is 13.9. The molecule has 0 saturated heterocycles. The van der Waals surface area contributed by atoms with Crippen molar-refractivity contribution in [2.75, 3.05) is 11.1 Å². The molecule has 10 heteroatoms. The third-order valence-electron chi connectivity index (χ3n) is 6.14. The van der Waals surface area contributed by atoms with E-state index in [1.807, 2.05) is 68.4 Å². The minimum atomic E-state index is -0.524. The Kier molecular flexibility index (Phi) is 7.32.